The standard InChI is InChI=1S/C13H9ClFNO/c14-10-7-12(16)9(6-11(10)15)13(17)8-4-2-1-3-5-8/h1-7H,16H2. The van der Waals surface area contributed by atoms with E-state index >= 15 is 0 Å². The lowest BCUT2D eigenvalue weighted by Crippen LogP contribution is -2.06. The van der Waals surface area contributed by atoms with Gasteiger partial charge in [0, 0.05) is 16.8 Å². The van der Waals surface area contributed by atoms with E-state index in [2.05, 4.69) is 0 Å². The summed E-state index contributed by atoms with van der Waals surface area (Å²) >= 11 is 5.57. The molecule has 0 fully saturated rings. The molecule has 0 atom stereocenters. The molecule has 0 unspecified atom stereocenters. The molecule has 0 saturated carbocycles. The normalized spacial score (nSPS) is 10.2. The maximum atomic E-state index is 13.3. The van der Waals surface area contributed by atoms with Crippen LogP contribution in [0.15, 0.2) is 42.5 Å². The van der Waals surface area contributed by atoms with Gasteiger partial charge < -0.3 is 5.73 Å². The van der Waals surface area contributed by atoms with Crippen molar-refractivity contribution in [2.24, 2.45) is 0 Å². The minimum absolute atomic E-state index is 0.0906. The van der Waals surface area contributed by atoms with Crippen LogP contribution in [0.4, 0.5) is 10.1 Å². The zero-order valence-corrected chi connectivity index (χ0v) is 9.54. The maximum Gasteiger partial charge on any atom is 0.195 e. The van der Waals surface area contributed by atoms with Crippen molar-refractivity contribution in [1.29, 1.82) is 0 Å². The SMILES string of the molecule is Nc1cc(Cl)c(F)cc1C(=O)c1ccccc1. The van der Waals surface area contributed by atoms with E-state index in [0.717, 1.165) is 6.07 Å². The van der Waals surface area contributed by atoms with Crippen molar-refractivity contribution in [2.75, 3.05) is 5.73 Å². The number of halogens is 2. The number of benzene rings is 2. The quantitative estimate of drug-likeness (QED) is 0.656. The summed E-state index contributed by atoms with van der Waals surface area (Å²) in [7, 11) is 0. The second-order valence-corrected chi connectivity index (χ2v) is 3.96. The fourth-order valence-electron chi connectivity index (χ4n) is 1.50. The van der Waals surface area contributed by atoms with Gasteiger partial charge in [0.05, 0.1) is 5.02 Å². The first kappa shape index (κ1) is 11.6. The first-order valence-electron chi connectivity index (χ1n) is 4.94. The van der Waals surface area contributed by atoms with Gasteiger partial charge in [0.25, 0.3) is 0 Å². The van der Waals surface area contributed by atoms with E-state index in [0.29, 0.717) is 5.56 Å². The van der Waals surface area contributed by atoms with E-state index in [4.69, 9.17) is 17.3 Å². The smallest absolute Gasteiger partial charge is 0.195 e. The molecule has 0 aliphatic heterocycles. The van der Waals surface area contributed by atoms with Gasteiger partial charge in [0.2, 0.25) is 0 Å². The number of hydrogen-bond acceptors (Lipinski definition) is 2. The molecule has 2 rings (SSSR count). The molecular formula is C13H9ClFNO. The van der Waals surface area contributed by atoms with E-state index in [-0.39, 0.29) is 22.1 Å². The molecule has 0 bridgehead atoms. The number of carbonyl (C=O) groups excluding carboxylic acids is 1. The fourth-order valence-corrected chi connectivity index (χ4v) is 1.68. The molecule has 0 aromatic heterocycles. The van der Waals surface area contributed by atoms with E-state index in [1.54, 1.807) is 30.3 Å². The second-order valence-electron chi connectivity index (χ2n) is 3.55. The Labute approximate surface area is 103 Å². The average molecular weight is 250 g/mol. The highest BCUT2D eigenvalue weighted by Crippen LogP contribution is 2.24. The van der Waals surface area contributed by atoms with E-state index in [9.17, 15) is 9.18 Å². The Balaban J connectivity index is 2.48. The third kappa shape index (κ3) is 2.29. The van der Waals surface area contributed by atoms with Crippen molar-refractivity contribution < 1.29 is 9.18 Å². The van der Waals surface area contributed by atoms with Crippen molar-refractivity contribution in [3.05, 3.63) is 64.4 Å². The number of carbonyl (C=O) groups is 1. The summed E-state index contributed by atoms with van der Waals surface area (Å²) in [5.74, 6) is -0.973. The van der Waals surface area contributed by atoms with Crippen LogP contribution < -0.4 is 5.73 Å². The predicted octanol–water partition coefficient (Wildman–Crippen LogP) is 3.29. The van der Waals surface area contributed by atoms with Crippen molar-refractivity contribution in [3.8, 4) is 0 Å². The van der Waals surface area contributed by atoms with Gasteiger partial charge in [0.1, 0.15) is 5.82 Å². The van der Waals surface area contributed by atoms with Gasteiger partial charge in [-0.3, -0.25) is 4.79 Å². The van der Waals surface area contributed by atoms with Crippen LogP contribution in [-0.2, 0) is 0 Å². The lowest BCUT2D eigenvalue weighted by molar-refractivity contribution is 0.103. The van der Waals surface area contributed by atoms with E-state index < -0.39 is 5.82 Å². The molecule has 2 aromatic rings. The molecule has 2 N–H and O–H groups in total. The molecule has 0 spiro atoms. The van der Waals surface area contributed by atoms with E-state index in [1.807, 2.05) is 0 Å². The molecule has 2 aromatic carbocycles. The van der Waals surface area contributed by atoms with Crippen LogP contribution in [0.25, 0.3) is 0 Å². The van der Waals surface area contributed by atoms with Crippen LogP contribution in [0.1, 0.15) is 15.9 Å². The zero-order chi connectivity index (χ0) is 12.4. The number of nitrogens with two attached hydrogens (primary N) is 1. The Kier molecular flexibility index (Phi) is 3.11. The molecule has 2 nitrogen and oxygen atoms in total. The van der Waals surface area contributed by atoms with Crippen LogP contribution in [0.3, 0.4) is 0 Å². The summed E-state index contributed by atoms with van der Waals surface area (Å²) in [5.41, 5.74) is 6.41. The van der Waals surface area contributed by atoms with Gasteiger partial charge in [0.15, 0.2) is 5.78 Å². The summed E-state index contributed by atoms with van der Waals surface area (Å²) in [6, 6.07) is 10.9. The van der Waals surface area contributed by atoms with Crippen LogP contribution in [0.2, 0.25) is 5.02 Å². The van der Waals surface area contributed by atoms with Gasteiger partial charge in [-0.15, -0.1) is 0 Å². The minimum Gasteiger partial charge on any atom is -0.398 e. The van der Waals surface area contributed by atoms with Crippen LogP contribution in [0.5, 0.6) is 0 Å². The van der Waals surface area contributed by atoms with Crippen molar-refractivity contribution in [1.82, 2.24) is 0 Å². The number of anilines is 1. The van der Waals surface area contributed by atoms with Crippen molar-refractivity contribution in [3.63, 3.8) is 0 Å². The molecule has 17 heavy (non-hydrogen) atoms. The molecule has 0 aliphatic carbocycles. The molecule has 0 saturated heterocycles. The number of nitrogen functional groups attached to an aromatic ring is 1. The highest BCUT2D eigenvalue weighted by Gasteiger charge is 2.14. The molecule has 86 valence electrons. The average Bonchev–Trinajstić information content (AvgIpc) is 2.34. The highest BCUT2D eigenvalue weighted by molar-refractivity contribution is 6.31. The summed E-state index contributed by atoms with van der Waals surface area (Å²) in [6.45, 7) is 0. The third-order valence-electron chi connectivity index (χ3n) is 2.37. The molecule has 0 amide bonds. The summed E-state index contributed by atoms with van der Waals surface area (Å²) < 4.78 is 13.3. The lowest BCUT2D eigenvalue weighted by atomic mass is 10.0. The lowest BCUT2D eigenvalue weighted by Gasteiger charge is -2.06. The zero-order valence-electron chi connectivity index (χ0n) is 8.78. The summed E-state index contributed by atoms with van der Waals surface area (Å²) in [4.78, 5) is 12.0. The van der Waals surface area contributed by atoms with Gasteiger partial charge >= 0.3 is 0 Å². The number of rotatable bonds is 2. The van der Waals surface area contributed by atoms with Crippen molar-refractivity contribution >= 4 is 23.1 Å². The molecule has 4 heteroatoms. The molecule has 0 aliphatic rings. The Morgan fingerprint density at radius 1 is 1.18 bits per heavy atom. The summed E-state index contributed by atoms with van der Waals surface area (Å²) in [5, 5.41) is -0.0906. The van der Waals surface area contributed by atoms with Crippen LogP contribution in [-0.4, -0.2) is 5.78 Å². The highest BCUT2D eigenvalue weighted by atomic mass is 35.5. The van der Waals surface area contributed by atoms with Gasteiger partial charge in [-0.1, -0.05) is 41.9 Å². The first-order valence-corrected chi connectivity index (χ1v) is 5.31. The Hall–Kier alpha value is -1.87. The number of hydrogen-bond donors (Lipinski definition) is 1. The first-order chi connectivity index (χ1) is 8.09. The minimum atomic E-state index is -0.653. The fraction of sp³-hybridized carbons (Fsp3) is 0. The second kappa shape index (κ2) is 4.55. The van der Waals surface area contributed by atoms with Gasteiger partial charge in [-0.25, -0.2) is 4.39 Å². The van der Waals surface area contributed by atoms with Gasteiger partial charge in [-0.05, 0) is 12.1 Å². The van der Waals surface area contributed by atoms with E-state index in [1.165, 1.54) is 6.07 Å². The van der Waals surface area contributed by atoms with Crippen LogP contribution in [0, 0.1) is 5.82 Å². The number of ketones is 1. The third-order valence-corrected chi connectivity index (χ3v) is 2.66. The topological polar surface area (TPSA) is 43.1 Å². The van der Waals surface area contributed by atoms with Crippen LogP contribution >= 0.6 is 11.6 Å². The summed E-state index contributed by atoms with van der Waals surface area (Å²) in [6.07, 6.45) is 0. The largest absolute Gasteiger partial charge is 0.398 e. The Morgan fingerprint density at radius 2 is 1.82 bits per heavy atom. The predicted molar refractivity (Wildman–Crippen MR) is 65.7 cm³/mol. The van der Waals surface area contributed by atoms with Gasteiger partial charge in [-0.2, -0.15) is 0 Å². The molecule has 0 radical (unpaired) electrons. The Morgan fingerprint density at radius 3 is 2.47 bits per heavy atom. The Bertz CT molecular complexity index is 569. The molecular weight excluding hydrogens is 241 g/mol. The van der Waals surface area contributed by atoms with Crippen molar-refractivity contribution in [2.45, 2.75) is 0 Å². The maximum absolute atomic E-state index is 13.3. The monoisotopic (exact) mass is 249 g/mol. The molecule has 0 heterocycles.